The number of carbonyl (C=O) groups excluding carboxylic acids is 1. The highest BCUT2D eigenvalue weighted by molar-refractivity contribution is 6.32. The Balaban J connectivity index is 1.97. The summed E-state index contributed by atoms with van der Waals surface area (Å²) in [5.74, 6) is -1.25. The number of amides is 1. The van der Waals surface area contributed by atoms with E-state index in [-0.39, 0.29) is 11.9 Å². The van der Waals surface area contributed by atoms with Gasteiger partial charge in [-0.25, -0.2) is 0 Å². The maximum atomic E-state index is 12.2. The summed E-state index contributed by atoms with van der Waals surface area (Å²) >= 11 is 6.05. The van der Waals surface area contributed by atoms with Crippen LogP contribution in [0.25, 0.3) is 0 Å². The summed E-state index contributed by atoms with van der Waals surface area (Å²) in [6.45, 7) is 3.53. The van der Waals surface area contributed by atoms with Crippen LogP contribution in [0.4, 0.5) is 0 Å². The van der Waals surface area contributed by atoms with Gasteiger partial charge in [0.25, 0.3) is 5.91 Å². The van der Waals surface area contributed by atoms with E-state index < -0.39 is 18.0 Å². The van der Waals surface area contributed by atoms with E-state index in [0.717, 1.165) is 12.0 Å². The molecule has 1 fully saturated rings. The molecule has 3 atom stereocenters. The Morgan fingerprint density at radius 2 is 2.14 bits per heavy atom. The van der Waals surface area contributed by atoms with Crippen LogP contribution in [0.5, 0.6) is 5.75 Å². The minimum absolute atomic E-state index is 0.323. The van der Waals surface area contributed by atoms with E-state index >= 15 is 0 Å². The Morgan fingerprint density at radius 1 is 1.41 bits per heavy atom. The fraction of sp³-hybridized carbons (Fsp3) is 0.500. The molecule has 0 saturated heterocycles. The van der Waals surface area contributed by atoms with Gasteiger partial charge in [-0.1, -0.05) is 24.1 Å². The average Bonchev–Trinajstić information content (AvgIpc) is 2.91. The summed E-state index contributed by atoms with van der Waals surface area (Å²) in [6.07, 6.45) is 1.34. The largest absolute Gasteiger partial charge is 0.481 e. The van der Waals surface area contributed by atoms with Gasteiger partial charge in [-0.3, -0.25) is 9.59 Å². The third-order valence-corrected chi connectivity index (χ3v) is 4.23. The van der Waals surface area contributed by atoms with E-state index in [1.165, 1.54) is 0 Å². The molecule has 5 nitrogen and oxygen atoms in total. The predicted octanol–water partition coefficient (Wildman–Crippen LogP) is 2.79. The molecule has 1 aromatic carbocycles. The molecule has 2 rings (SSSR count). The first-order valence-electron chi connectivity index (χ1n) is 7.34. The second-order valence-electron chi connectivity index (χ2n) is 5.68. The molecule has 1 aliphatic rings. The Hall–Kier alpha value is -1.75. The molecule has 0 aromatic heterocycles. The van der Waals surface area contributed by atoms with Gasteiger partial charge < -0.3 is 15.2 Å². The summed E-state index contributed by atoms with van der Waals surface area (Å²) < 4.78 is 5.60. The quantitative estimate of drug-likeness (QED) is 0.873. The summed E-state index contributed by atoms with van der Waals surface area (Å²) in [4.78, 5) is 23.3. The van der Waals surface area contributed by atoms with Crippen molar-refractivity contribution in [2.75, 3.05) is 0 Å². The Labute approximate surface area is 134 Å². The lowest BCUT2D eigenvalue weighted by atomic mass is 10.0. The highest BCUT2D eigenvalue weighted by atomic mass is 35.5. The molecule has 22 heavy (non-hydrogen) atoms. The van der Waals surface area contributed by atoms with Crippen LogP contribution in [0.1, 0.15) is 31.7 Å². The fourth-order valence-corrected chi connectivity index (χ4v) is 2.84. The molecule has 1 unspecified atom stereocenters. The zero-order chi connectivity index (χ0) is 16.3. The number of carbonyl (C=O) groups is 2. The molecular formula is C16H20ClNO4. The Bertz CT molecular complexity index is 575. The summed E-state index contributed by atoms with van der Waals surface area (Å²) in [7, 11) is 0. The van der Waals surface area contributed by atoms with Crippen molar-refractivity contribution in [2.24, 2.45) is 5.92 Å². The Morgan fingerprint density at radius 3 is 2.82 bits per heavy atom. The third-order valence-electron chi connectivity index (χ3n) is 3.92. The number of halogens is 1. The number of hydrogen-bond acceptors (Lipinski definition) is 3. The smallest absolute Gasteiger partial charge is 0.308 e. The van der Waals surface area contributed by atoms with Crippen LogP contribution in [0.2, 0.25) is 5.02 Å². The highest BCUT2D eigenvalue weighted by Crippen LogP contribution is 2.28. The van der Waals surface area contributed by atoms with Crippen molar-refractivity contribution < 1.29 is 19.4 Å². The second kappa shape index (κ2) is 7.01. The highest BCUT2D eigenvalue weighted by Gasteiger charge is 2.34. The zero-order valence-electron chi connectivity index (χ0n) is 12.6. The molecule has 1 aliphatic carbocycles. The number of hydrogen-bond donors (Lipinski definition) is 2. The molecule has 0 aliphatic heterocycles. The number of nitrogens with one attached hydrogen (secondary N) is 1. The molecule has 2 N–H and O–H groups in total. The average molecular weight is 326 g/mol. The first-order valence-corrected chi connectivity index (χ1v) is 7.72. The first kappa shape index (κ1) is 16.6. The van der Waals surface area contributed by atoms with Crippen molar-refractivity contribution in [3.63, 3.8) is 0 Å². The minimum Gasteiger partial charge on any atom is -0.481 e. The van der Waals surface area contributed by atoms with Gasteiger partial charge in [0.1, 0.15) is 5.75 Å². The summed E-state index contributed by atoms with van der Waals surface area (Å²) in [5.41, 5.74) is 0.980. The van der Waals surface area contributed by atoms with Crippen LogP contribution in [0.3, 0.4) is 0 Å². The van der Waals surface area contributed by atoms with E-state index in [1.54, 1.807) is 19.1 Å². The van der Waals surface area contributed by atoms with Crippen LogP contribution >= 0.6 is 11.6 Å². The summed E-state index contributed by atoms with van der Waals surface area (Å²) in [6, 6.07) is 5.01. The monoisotopic (exact) mass is 325 g/mol. The fourth-order valence-electron chi connectivity index (χ4n) is 2.67. The van der Waals surface area contributed by atoms with E-state index in [0.29, 0.717) is 23.6 Å². The molecule has 0 radical (unpaired) electrons. The lowest BCUT2D eigenvalue weighted by Crippen LogP contribution is -2.45. The number of carboxylic acids is 1. The lowest BCUT2D eigenvalue weighted by molar-refractivity contribution is -0.142. The number of aryl methyl sites for hydroxylation is 1. The molecule has 0 heterocycles. The number of benzene rings is 1. The zero-order valence-corrected chi connectivity index (χ0v) is 13.4. The van der Waals surface area contributed by atoms with Gasteiger partial charge in [0.15, 0.2) is 6.10 Å². The van der Waals surface area contributed by atoms with Gasteiger partial charge in [-0.2, -0.15) is 0 Å². The minimum atomic E-state index is -0.863. The molecule has 1 aromatic rings. The van der Waals surface area contributed by atoms with Crippen molar-refractivity contribution in [2.45, 2.75) is 45.3 Å². The van der Waals surface area contributed by atoms with Gasteiger partial charge in [0.05, 0.1) is 10.9 Å². The van der Waals surface area contributed by atoms with Crippen molar-refractivity contribution in [1.29, 1.82) is 0 Å². The first-order chi connectivity index (χ1) is 10.4. The van der Waals surface area contributed by atoms with Crippen molar-refractivity contribution in [1.82, 2.24) is 5.32 Å². The molecule has 0 bridgehead atoms. The molecular weight excluding hydrogens is 306 g/mol. The van der Waals surface area contributed by atoms with Crippen molar-refractivity contribution >= 4 is 23.5 Å². The molecule has 6 heteroatoms. The van der Waals surface area contributed by atoms with Crippen LogP contribution in [0.15, 0.2) is 18.2 Å². The van der Waals surface area contributed by atoms with Crippen LogP contribution in [-0.4, -0.2) is 29.1 Å². The molecule has 1 saturated carbocycles. The second-order valence-corrected chi connectivity index (χ2v) is 6.09. The standard InChI is InChI=1S/C16H20ClNO4/c1-9-6-7-12(17)14(8-9)22-10(2)15(19)18-13-5-3-4-11(13)16(20)21/h6-8,10-11,13H,3-5H2,1-2H3,(H,18,19)(H,20,21)/t10?,11-,13+/m0/s1. The normalized spacial score (nSPS) is 22.1. The van der Waals surface area contributed by atoms with Gasteiger partial charge >= 0.3 is 5.97 Å². The molecule has 120 valence electrons. The number of rotatable bonds is 5. The maximum Gasteiger partial charge on any atom is 0.308 e. The van der Waals surface area contributed by atoms with E-state index in [4.69, 9.17) is 21.4 Å². The van der Waals surface area contributed by atoms with Crippen LogP contribution in [0, 0.1) is 12.8 Å². The van der Waals surface area contributed by atoms with Gasteiger partial charge in [-0.05, 0) is 44.4 Å². The third kappa shape index (κ3) is 3.91. The SMILES string of the molecule is Cc1ccc(Cl)c(OC(C)C(=O)N[C@@H]2CCC[C@@H]2C(=O)O)c1. The van der Waals surface area contributed by atoms with Gasteiger partial charge in [0.2, 0.25) is 0 Å². The van der Waals surface area contributed by atoms with E-state index in [9.17, 15) is 9.59 Å². The molecule has 1 amide bonds. The molecule has 0 spiro atoms. The van der Waals surface area contributed by atoms with Gasteiger partial charge in [0, 0.05) is 6.04 Å². The van der Waals surface area contributed by atoms with Crippen LogP contribution < -0.4 is 10.1 Å². The number of carboxylic acid groups (broad SMARTS) is 1. The summed E-state index contributed by atoms with van der Waals surface area (Å²) in [5, 5.41) is 12.4. The van der Waals surface area contributed by atoms with Crippen molar-refractivity contribution in [3.8, 4) is 5.75 Å². The maximum absolute atomic E-state index is 12.2. The van der Waals surface area contributed by atoms with E-state index in [2.05, 4.69) is 5.32 Å². The predicted molar refractivity (Wildman–Crippen MR) is 83.2 cm³/mol. The van der Waals surface area contributed by atoms with Gasteiger partial charge in [-0.15, -0.1) is 0 Å². The number of aliphatic carboxylic acids is 1. The van der Waals surface area contributed by atoms with Crippen LogP contribution in [-0.2, 0) is 9.59 Å². The topological polar surface area (TPSA) is 75.6 Å². The lowest BCUT2D eigenvalue weighted by Gasteiger charge is -2.21. The Kier molecular flexibility index (Phi) is 5.29. The van der Waals surface area contributed by atoms with E-state index in [1.807, 2.05) is 13.0 Å². The number of ether oxygens (including phenoxy) is 1. The van der Waals surface area contributed by atoms with Crippen molar-refractivity contribution in [3.05, 3.63) is 28.8 Å².